The summed E-state index contributed by atoms with van der Waals surface area (Å²) in [5, 5.41) is 14.8. The van der Waals surface area contributed by atoms with E-state index in [0.717, 1.165) is 31.1 Å². The smallest absolute Gasteiger partial charge is 0.414 e. The molecule has 11 nitrogen and oxygen atoms in total. The van der Waals surface area contributed by atoms with Gasteiger partial charge in [-0.25, -0.2) is 23.7 Å². The van der Waals surface area contributed by atoms with Gasteiger partial charge in [0.1, 0.15) is 11.6 Å². The van der Waals surface area contributed by atoms with Gasteiger partial charge in [-0.2, -0.15) is 4.98 Å². The molecule has 37 heavy (non-hydrogen) atoms. The van der Waals surface area contributed by atoms with E-state index in [-0.39, 0.29) is 5.69 Å². The summed E-state index contributed by atoms with van der Waals surface area (Å²) >= 11 is 0. The number of carboxylic acids is 2. The number of para-hydroxylation sites is 1. The zero-order valence-corrected chi connectivity index (χ0v) is 21.6. The number of ether oxygens (including phenoxy) is 1. The van der Waals surface area contributed by atoms with Crippen LogP contribution in [0.3, 0.4) is 0 Å². The molecule has 2 aliphatic heterocycles. The second-order valence-corrected chi connectivity index (χ2v) is 9.71. The van der Waals surface area contributed by atoms with E-state index in [1.807, 2.05) is 12.1 Å². The number of carboxylic acid groups (broad SMARTS) is 2. The minimum atomic E-state index is -1.82. The first-order chi connectivity index (χ1) is 17.6. The minimum Gasteiger partial charge on any atom is -0.496 e. The predicted octanol–water partition coefficient (Wildman–Crippen LogP) is 1.68. The number of rotatable bonds is 8. The van der Waals surface area contributed by atoms with E-state index in [9.17, 15) is 9.59 Å². The zero-order valence-electron chi connectivity index (χ0n) is 21.6. The van der Waals surface area contributed by atoms with E-state index >= 15 is 0 Å². The lowest BCUT2D eigenvalue weighted by Crippen LogP contribution is -2.45. The van der Waals surface area contributed by atoms with Crippen LogP contribution in [0.5, 0.6) is 5.75 Å². The van der Waals surface area contributed by atoms with Gasteiger partial charge in [-0.05, 0) is 69.4 Å². The van der Waals surface area contributed by atoms with Crippen molar-refractivity contribution in [1.29, 1.82) is 0 Å². The first-order valence-corrected chi connectivity index (χ1v) is 12.6. The van der Waals surface area contributed by atoms with Gasteiger partial charge in [0.15, 0.2) is 0 Å². The normalized spacial score (nSPS) is 20.7. The van der Waals surface area contributed by atoms with Gasteiger partial charge in [-0.15, -0.1) is 0 Å². The number of piperidine rings is 1. The number of hydrogen-bond acceptors (Lipinski definition) is 7. The van der Waals surface area contributed by atoms with E-state index in [0.29, 0.717) is 24.5 Å². The van der Waals surface area contributed by atoms with Crippen molar-refractivity contribution in [2.75, 3.05) is 13.7 Å². The highest BCUT2D eigenvalue weighted by atomic mass is 16.5. The summed E-state index contributed by atoms with van der Waals surface area (Å²) in [6.45, 7) is 3.06. The van der Waals surface area contributed by atoms with E-state index in [4.69, 9.17) is 24.5 Å². The lowest BCUT2D eigenvalue weighted by molar-refractivity contribution is -0.159. The predicted molar refractivity (Wildman–Crippen MR) is 136 cm³/mol. The third kappa shape index (κ3) is 7.06. The molecule has 0 spiro atoms. The summed E-state index contributed by atoms with van der Waals surface area (Å²) in [7, 11) is 3.41. The molecule has 202 valence electrons. The zero-order chi connectivity index (χ0) is 27.1. The Labute approximate surface area is 215 Å². The second kappa shape index (κ2) is 12.7. The second-order valence-electron chi connectivity index (χ2n) is 9.71. The number of aryl methyl sites for hydroxylation is 2. The number of nitrogens with zero attached hydrogens (tertiary/aromatic N) is 4. The Morgan fingerprint density at radius 2 is 1.68 bits per heavy atom. The van der Waals surface area contributed by atoms with Gasteiger partial charge in [-0.1, -0.05) is 18.2 Å². The number of methoxy groups -OCH3 is 1. The van der Waals surface area contributed by atoms with Crippen LogP contribution in [0.2, 0.25) is 0 Å². The number of hydrogen-bond donors (Lipinski definition) is 2. The molecule has 2 bridgehead atoms. The number of benzene rings is 1. The van der Waals surface area contributed by atoms with Crippen LogP contribution in [-0.4, -0.2) is 66.9 Å². The van der Waals surface area contributed by atoms with Crippen LogP contribution in [0, 0.1) is 12.8 Å². The fraction of sp³-hybridized carbons (Fsp3) is 0.577. The molecule has 0 aliphatic carbocycles. The molecule has 2 N–H and O–H groups in total. The highest BCUT2D eigenvalue weighted by molar-refractivity contribution is 6.27. The number of aromatic nitrogens is 3. The molecular weight excluding hydrogens is 480 g/mol. The number of carbonyl (C=O) groups is 2. The largest absolute Gasteiger partial charge is 0.496 e. The molecule has 0 radical (unpaired) electrons. The fourth-order valence-electron chi connectivity index (χ4n) is 5.53. The average molecular weight is 517 g/mol. The number of aliphatic carboxylic acids is 2. The molecule has 4 rings (SSSR count). The number of fused-ring (bicyclic) bond motifs is 2. The van der Waals surface area contributed by atoms with Crippen molar-refractivity contribution in [2.24, 2.45) is 13.0 Å². The van der Waals surface area contributed by atoms with Crippen molar-refractivity contribution >= 4 is 11.9 Å². The van der Waals surface area contributed by atoms with Crippen LogP contribution in [0.25, 0.3) is 0 Å². The molecule has 2 atom stereocenters. The maximum absolute atomic E-state index is 12.4. The van der Waals surface area contributed by atoms with Crippen molar-refractivity contribution < 1.29 is 24.5 Å². The highest BCUT2D eigenvalue weighted by Gasteiger charge is 2.39. The first-order valence-electron chi connectivity index (χ1n) is 12.6. The molecule has 3 heterocycles. The van der Waals surface area contributed by atoms with Crippen molar-refractivity contribution in [3.63, 3.8) is 0 Å². The molecule has 1 aromatic carbocycles. The third-order valence-corrected chi connectivity index (χ3v) is 7.47. The van der Waals surface area contributed by atoms with Gasteiger partial charge in [0.05, 0.1) is 7.11 Å². The lowest BCUT2D eigenvalue weighted by Gasteiger charge is -2.39. The molecule has 0 amide bonds. The van der Waals surface area contributed by atoms with Gasteiger partial charge in [0.2, 0.25) is 0 Å². The molecule has 2 saturated heterocycles. The van der Waals surface area contributed by atoms with Crippen LogP contribution in [0.1, 0.15) is 49.9 Å². The van der Waals surface area contributed by atoms with Gasteiger partial charge < -0.3 is 14.9 Å². The summed E-state index contributed by atoms with van der Waals surface area (Å²) in [5.41, 5.74) is 0.604. The van der Waals surface area contributed by atoms with Gasteiger partial charge in [0.25, 0.3) is 0 Å². The Morgan fingerprint density at radius 1 is 1.05 bits per heavy atom. The van der Waals surface area contributed by atoms with Crippen molar-refractivity contribution in [3.8, 4) is 5.75 Å². The van der Waals surface area contributed by atoms with E-state index in [1.165, 1.54) is 46.8 Å². The van der Waals surface area contributed by atoms with Gasteiger partial charge in [-0.3, -0.25) is 9.47 Å². The molecule has 11 heteroatoms. The van der Waals surface area contributed by atoms with E-state index in [1.54, 1.807) is 21.1 Å². The topological polar surface area (TPSA) is 144 Å². The molecule has 0 saturated carbocycles. The molecule has 2 aromatic rings. The van der Waals surface area contributed by atoms with Crippen molar-refractivity contribution in [3.05, 3.63) is 56.6 Å². The van der Waals surface area contributed by atoms with Crippen LogP contribution in [0.15, 0.2) is 33.9 Å². The van der Waals surface area contributed by atoms with Crippen molar-refractivity contribution in [2.45, 2.75) is 70.5 Å². The van der Waals surface area contributed by atoms with Crippen LogP contribution >= 0.6 is 0 Å². The van der Waals surface area contributed by atoms with Gasteiger partial charge in [0, 0.05) is 32.2 Å². The molecule has 2 unspecified atom stereocenters. The highest BCUT2D eigenvalue weighted by Crippen LogP contribution is 2.40. The Bertz CT molecular complexity index is 1200. The maximum atomic E-state index is 12.4. The Balaban J connectivity index is 0.000000568. The van der Waals surface area contributed by atoms with Crippen LogP contribution in [0.4, 0.5) is 0 Å². The monoisotopic (exact) mass is 516 g/mol. The molecular formula is C26H36N4O7. The Kier molecular flexibility index (Phi) is 9.62. The van der Waals surface area contributed by atoms with Crippen LogP contribution < -0.4 is 16.1 Å². The van der Waals surface area contributed by atoms with E-state index in [2.05, 4.69) is 22.0 Å². The van der Waals surface area contributed by atoms with E-state index < -0.39 is 17.6 Å². The Hall–Kier alpha value is -3.47. The SMILES string of the molecule is COc1ccccc1CCC1CC2CCC(C1)N2CCCn1c(=O)nc(C)n(C)c1=O.O=C(O)C(=O)O. The average Bonchev–Trinajstić information content (AvgIpc) is 3.10. The van der Waals surface area contributed by atoms with Gasteiger partial charge >= 0.3 is 23.3 Å². The summed E-state index contributed by atoms with van der Waals surface area (Å²) in [6.07, 6.45) is 8.12. The maximum Gasteiger partial charge on any atom is 0.414 e. The third-order valence-electron chi connectivity index (χ3n) is 7.47. The molecule has 2 fully saturated rings. The lowest BCUT2D eigenvalue weighted by atomic mass is 9.86. The van der Waals surface area contributed by atoms with Crippen molar-refractivity contribution in [1.82, 2.24) is 19.0 Å². The summed E-state index contributed by atoms with van der Waals surface area (Å²) in [4.78, 5) is 49.3. The molecule has 2 aliphatic rings. The quantitative estimate of drug-likeness (QED) is 0.501. The summed E-state index contributed by atoms with van der Waals surface area (Å²) in [6, 6.07) is 9.61. The van der Waals surface area contributed by atoms with Crippen LogP contribution in [-0.2, 0) is 29.6 Å². The fourth-order valence-corrected chi connectivity index (χ4v) is 5.53. The first kappa shape index (κ1) is 28.1. The minimum absolute atomic E-state index is 0.268. The molecule has 1 aromatic heterocycles. The standard InChI is InChI=1S/C24H34N4O3.C2H2O4/c1-17-25-23(29)28(24(30)26(17)2)14-6-13-27-20-11-12-21(27)16-18(15-20)9-10-19-7-4-5-8-22(19)31-3;3-1(4)2(5)6/h4-5,7-8,18,20-21H,6,9-16H2,1-3H3;(H,3,4)(H,5,6). The summed E-state index contributed by atoms with van der Waals surface area (Å²) in [5.74, 6) is -1.44. The Morgan fingerprint density at radius 3 is 2.27 bits per heavy atom. The summed E-state index contributed by atoms with van der Waals surface area (Å²) < 4.78 is 8.22.